The molecule has 1 heterocycles. The molecule has 1 fully saturated rings. The highest BCUT2D eigenvalue weighted by molar-refractivity contribution is 7.99. The second-order valence-corrected chi connectivity index (χ2v) is 6.20. The van der Waals surface area contributed by atoms with Gasteiger partial charge < -0.3 is 5.11 Å². The number of thioether (sulfide) groups is 1. The lowest BCUT2D eigenvalue weighted by Crippen LogP contribution is -2.50. The summed E-state index contributed by atoms with van der Waals surface area (Å²) < 4.78 is 13.5. The highest BCUT2D eigenvalue weighted by Crippen LogP contribution is 2.33. The van der Waals surface area contributed by atoms with Crippen LogP contribution >= 0.6 is 11.8 Å². The Hall–Kier alpha value is -1.07. The van der Waals surface area contributed by atoms with Gasteiger partial charge in [-0.3, -0.25) is 9.69 Å². The number of hydrogen-bond acceptors (Lipinski definition) is 3. The largest absolute Gasteiger partial charge is 0.480 e. The Kier molecular flexibility index (Phi) is 5.05. The molecule has 0 saturated carbocycles. The van der Waals surface area contributed by atoms with E-state index in [2.05, 4.69) is 0 Å². The number of rotatable bonds is 6. The van der Waals surface area contributed by atoms with Crippen molar-refractivity contribution < 1.29 is 14.3 Å². The summed E-state index contributed by atoms with van der Waals surface area (Å²) in [4.78, 5) is 14.2. The Bertz CT molecular complexity index is 483. The van der Waals surface area contributed by atoms with Crippen LogP contribution < -0.4 is 0 Å². The molecule has 1 aliphatic rings. The van der Waals surface area contributed by atoms with Crippen LogP contribution in [-0.4, -0.2) is 40.4 Å². The van der Waals surface area contributed by atoms with Crippen molar-refractivity contribution in [1.29, 1.82) is 0 Å². The molecule has 1 atom stereocenters. The zero-order chi connectivity index (χ0) is 14.6. The number of halogens is 1. The monoisotopic (exact) mass is 297 g/mol. The average Bonchev–Trinajstić information content (AvgIpc) is 2.85. The second-order valence-electron chi connectivity index (χ2n) is 5.06. The van der Waals surface area contributed by atoms with E-state index in [0.29, 0.717) is 30.0 Å². The highest BCUT2D eigenvalue weighted by atomic mass is 32.2. The van der Waals surface area contributed by atoms with Gasteiger partial charge in [0.2, 0.25) is 0 Å². The molecule has 1 aromatic rings. The van der Waals surface area contributed by atoms with Gasteiger partial charge >= 0.3 is 5.97 Å². The fourth-order valence-corrected chi connectivity index (χ4v) is 3.79. The maximum Gasteiger partial charge on any atom is 0.324 e. The van der Waals surface area contributed by atoms with Crippen LogP contribution in [0.3, 0.4) is 0 Å². The van der Waals surface area contributed by atoms with Gasteiger partial charge in [0.15, 0.2) is 0 Å². The number of carboxylic acids is 1. The van der Waals surface area contributed by atoms with Gasteiger partial charge in [0, 0.05) is 17.2 Å². The first kappa shape index (κ1) is 15.3. The molecule has 0 bridgehead atoms. The lowest BCUT2D eigenvalue weighted by Gasteiger charge is -2.33. The number of likely N-dealkylation sites (tertiary alicyclic amines) is 1. The van der Waals surface area contributed by atoms with E-state index < -0.39 is 11.5 Å². The van der Waals surface area contributed by atoms with Crippen LogP contribution in [0.5, 0.6) is 0 Å². The van der Waals surface area contributed by atoms with Crippen LogP contribution in [0.25, 0.3) is 0 Å². The zero-order valence-electron chi connectivity index (χ0n) is 11.6. The van der Waals surface area contributed by atoms with E-state index >= 15 is 0 Å². The predicted molar refractivity (Wildman–Crippen MR) is 78.6 cm³/mol. The van der Waals surface area contributed by atoms with Crippen LogP contribution in [0.15, 0.2) is 29.2 Å². The van der Waals surface area contributed by atoms with Gasteiger partial charge in [-0.15, -0.1) is 11.8 Å². The first-order valence-electron chi connectivity index (χ1n) is 6.96. The number of nitrogens with zero attached hydrogens (tertiary/aromatic N) is 1. The summed E-state index contributed by atoms with van der Waals surface area (Å²) in [6.07, 6.45) is 2.25. The second kappa shape index (κ2) is 6.59. The van der Waals surface area contributed by atoms with E-state index in [1.54, 1.807) is 12.1 Å². The molecule has 1 unspecified atom stereocenters. The first-order chi connectivity index (χ1) is 9.60. The number of hydrogen-bond donors (Lipinski definition) is 1. The fraction of sp³-hybridized carbons (Fsp3) is 0.533. The summed E-state index contributed by atoms with van der Waals surface area (Å²) >= 11 is 1.45. The third-order valence-corrected chi connectivity index (χ3v) is 5.09. The average molecular weight is 297 g/mol. The maximum absolute atomic E-state index is 13.5. The number of carboxylic acid groups (broad SMARTS) is 1. The summed E-state index contributed by atoms with van der Waals surface area (Å²) in [6, 6.07) is 6.70. The number of aliphatic carboxylic acids is 1. The quantitative estimate of drug-likeness (QED) is 0.818. The van der Waals surface area contributed by atoms with Crippen LogP contribution in [0.4, 0.5) is 4.39 Å². The first-order valence-corrected chi connectivity index (χ1v) is 7.94. The van der Waals surface area contributed by atoms with Crippen LogP contribution in [0.1, 0.15) is 26.2 Å². The molecule has 0 radical (unpaired) electrons. The summed E-state index contributed by atoms with van der Waals surface area (Å²) in [7, 11) is 0. The van der Waals surface area contributed by atoms with E-state index in [-0.39, 0.29) is 5.82 Å². The highest BCUT2D eigenvalue weighted by Gasteiger charge is 2.45. The van der Waals surface area contributed by atoms with Crippen molar-refractivity contribution in [2.45, 2.75) is 36.6 Å². The molecule has 2 rings (SSSR count). The molecule has 1 aliphatic heterocycles. The van der Waals surface area contributed by atoms with Gasteiger partial charge in [0.1, 0.15) is 11.4 Å². The topological polar surface area (TPSA) is 40.5 Å². The molecule has 0 aliphatic carbocycles. The van der Waals surface area contributed by atoms with E-state index in [1.807, 2.05) is 17.9 Å². The SMILES string of the molecule is CCC1(C(=O)O)CCCN1CCSc1ccccc1F. The molecule has 3 nitrogen and oxygen atoms in total. The van der Waals surface area contributed by atoms with Crippen molar-refractivity contribution in [3.05, 3.63) is 30.1 Å². The third-order valence-electron chi connectivity index (χ3n) is 4.06. The molecule has 5 heteroatoms. The van der Waals surface area contributed by atoms with E-state index in [9.17, 15) is 14.3 Å². The zero-order valence-corrected chi connectivity index (χ0v) is 12.5. The maximum atomic E-state index is 13.5. The molecule has 0 aromatic heterocycles. The van der Waals surface area contributed by atoms with Gasteiger partial charge in [0.25, 0.3) is 0 Å². The Morgan fingerprint density at radius 3 is 2.90 bits per heavy atom. The molecule has 1 saturated heterocycles. The molecule has 0 amide bonds. The van der Waals surface area contributed by atoms with Gasteiger partial charge in [-0.25, -0.2) is 4.39 Å². The lowest BCUT2D eigenvalue weighted by atomic mass is 9.93. The van der Waals surface area contributed by atoms with Crippen LogP contribution in [0, 0.1) is 5.82 Å². The van der Waals surface area contributed by atoms with Crippen molar-refractivity contribution >= 4 is 17.7 Å². The third kappa shape index (κ3) is 2.99. The Balaban J connectivity index is 1.94. The summed E-state index contributed by atoms with van der Waals surface area (Å²) in [5, 5.41) is 9.49. The van der Waals surface area contributed by atoms with Crippen molar-refractivity contribution in [2.24, 2.45) is 0 Å². The van der Waals surface area contributed by atoms with E-state index in [4.69, 9.17) is 0 Å². The normalized spacial score (nSPS) is 23.1. The van der Waals surface area contributed by atoms with Crippen LogP contribution in [0.2, 0.25) is 0 Å². The molecule has 110 valence electrons. The fourth-order valence-electron chi connectivity index (χ4n) is 2.88. The minimum atomic E-state index is -0.728. The lowest BCUT2D eigenvalue weighted by molar-refractivity contribution is -0.149. The smallest absolute Gasteiger partial charge is 0.324 e. The van der Waals surface area contributed by atoms with Gasteiger partial charge in [-0.05, 0) is 37.9 Å². The van der Waals surface area contributed by atoms with Crippen molar-refractivity contribution in [2.75, 3.05) is 18.8 Å². The summed E-state index contributed by atoms with van der Waals surface area (Å²) in [5.41, 5.74) is -0.713. The molecule has 1 N–H and O–H groups in total. The Labute approximate surface area is 123 Å². The summed E-state index contributed by atoms with van der Waals surface area (Å²) in [5.74, 6) is -0.233. The number of carbonyl (C=O) groups is 1. The molecule has 0 spiro atoms. The van der Waals surface area contributed by atoms with Crippen LogP contribution in [-0.2, 0) is 4.79 Å². The minimum absolute atomic E-state index is 0.209. The van der Waals surface area contributed by atoms with Crippen molar-refractivity contribution in [1.82, 2.24) is 4.90 Å². The van der Waals surface area contributed by atoms with Crippen molar-refractivity contribution in [3.8, 4) is 0 Å². The number of benzene rings is 1. The molecule has 1 aromatic carbocycles. The van der Waals surface area contributed by atoms with Crippen molar-refractivity contribution in [3.63, 3.8) is 0 Å². The molecule has 20 heavy (non-hydrogen) atoms. The minimum Gasteiger partial charge on any atom is -0.480 e. The van der Waals surface area contributed by atoms with E-state index in [0.717, 1.165) is 13.0 Å². The molecular weight excluding hydrogens is 277 g/mol. The standard InChI is InChI=1S/C15H20FNO2S/c1-2-15(14(18)19)8-5-9-17(15)10-11-20-13-7-4-3-6-12(13)16/h3-4,6-7H,2,5,8-11H2,1H3,(H,18,19). The summed E-state index contributed by atoms with van der Waals surface area (Å²) in [6.45, 7) is 3.42. The Morgan fingerprint density at radius 1 is 1.50 bits per heavy atom. The van der Waals surface area contributed by atoms with Gasteiger partial charge in [-0.1, -0.05) is 19.1 Å². The van der Waals surface area contributed by atoms with Gasteiger partial charge in [0.05, 0.1) is 0 Å². The predicted octanol–water partition coefficient (Wildman–Crippen LogP) is 3.25. The molecular formula is C15H20FNO2S. The Morgan fingerprint density at radius 2 is 2.25 bits per heavy atom. The van der Waals surface area contributed by atoms with E-state index in [1.165, 1.54) is 17.8 Å². The van der Waals surface area contributed by atoms with Gasteiger partial charge in [-0.2, -0.15) is 0 Å².